The van der Waals surface area contributed by atoms with Gasteiger partial charge in [0.15, 0.2) is 0 Å². The molecule has 4 saturated heterocycles. The highest BCUT2D eigenvalue weighted by Gasteiger charge is 2.24. The van der Waals surface area contributed by atoms with Gasteiger partial charge in [0.25, 0.3) is 0 Å². The van der Waals surface area contributed by atoms with E-state index >= 15 is 0 Å². The summed E-state index contributed by atoms with van der Waals surface area (Å²) < 4.78 is 4.77. The van der Waals surface area contributed by atoms with Crippen molar-refractivity contribution in [2.24, 2.45) is 23.7 Å². The second-order valence-electron chi connectivity index (χ2n) is 16.9. The van der Waals surface area contributed by atoms with Crippen LogP contribution in [-0.4, -0.2) is 136 Å². The van der Waals surface area contributed by atoms with Crippen molar-refractivity contribution in [2.75, 3.05) is 98.7 Å². The summed E-state index contributed by atoms with van der Waals surface area (Å²) in [5.74, 6) is 3.65. The molecule has 4 fully saturated rings. The van der Waals surface area contributed by atoms with Crippen LogP contribution < -0.4 is 10.6 Å². The van der Waals surface area contributed by atoms with Crippen molar-refractivity contribution >= 4 is 17.8 Å². The molecule has 52 heavy (non-hydrogen) atoms. The number of carbonyl (C=O) groups is 3. The Balaban J connectivity index is 0.898. The minimum Gasteiger partial charge on any atom is -0.469 e. The van der Waals surface area contributed by atoms with E-state index in [2.05, 4.69) is 37.2 Å². The van der Waals surface area contributed by atoms with Crippen LogP contribution in [0, 0.1) is 23.7 Å². The van der Waals surface area contributed by atoms with Crippen LogP contribution in [-0.2, 0) is 19.1 Å². The number of esters is 1. The van der Waals surface area contributed by atoms with Gasteiger partial charge in [0, 0.05) is 45.6 Å². The van der Waals surface area contributed by atoms with E-state index in [1.165, 1.54) is 123 Å². The van der Waals surface area contributed by atoms with Crippen molar-refractivity contribution in [3.8, 4) is 0 Å². The van der Waals surface area contributed by atoms with E-state index in [9.17, 15) is 14.4 Å². The van der Waals surface area contributed by atoms with Crippen molar-refractivity contribution < 1.29 is 19.1 Å². The Hall–Kier alpha value is -1.75. The minimum absolute atomic E-state index is 0.106. The van der Waals surface area contributed by atoms with Crippen molar-refractivity contribution in [3.05, 3.63) is 0 Å². The minimum atomic E-state index is -0.106. The van der Waals surface area contributed by atoms with Gasteiger partial charge >= 0.3 is 5.97 Å². The summed E-state index contributed by atoms with van der Waals surface area (Å²) in [5.41, 5.74) is 0. The van der Waals surface area contributed by atoms with Gasteiger partial charge in [-0.3, -0.25) is 14.4 Å². The Labute approximate surface area is 317 Å². The first kappa shape index (κ1) is 43.0. The predicted molar refractivity (Wildman–Crippen MR) is 211 cm³/mol. The van der Waals surface area contributed by atoms with E-state index in [4.69, 9.17) is 4.74 Å². The summed E-state index contributed by atoms with van der Waals surface area (Å²) in [7, 11) is 1.47. The molecule has 0 saturated carbocycles. The molecule has 0 aromatic carbocycles. The first-order valence-corrected chi connectivity index (χ1v) is 21.9. The largest absolute Gasteiger partial charge is 0.469 e. The molecular formula is C42H78N6O4. The van der Waals surface area contributed by atoms with Crippen LogP contribution >= 0.6 is 0 Å². The van der Waals surface area contributed by atoms with Gasteiger partial charge in [-0.15, -0.1) is 0 Å². The Morgan fingerprint density at radius 3 is 1.15 bits per heavy atom. The van der Waals surface area contributed by atoms with Crippen LogP contribution in [0.3, 0.4) is 0 Å². The highest BCUT2D eigenvalue weighted by Crippen LogP contribution is 2.29. The molecule has 300 valence electrons. The van der Waals surface area contributed by atoms with Gasteiger partial charge in [0.05, 0.1) is 13.5 Å². The third kappa shape index (κ3) is 17.6. The zero-order chi connectivity index (χ0) is 36.8. The summed E-state index contributed by atoms with van der Waals surface area (Å²) in [6.07, 6.45) is 22.3. The number of amides is 2. The van der Waals surface area contributed by atoms with E-state index in [0.29, 0.717) is 32.4 Å². The number of nitrogens with one attached hydrogen (secondary N) is 2. The number of ether oxygens (including phenoxy) is 1. The topological polar surface area (TPSA) is 97.5 Å². The Morgan fingerprint density at radius 1 is 0.500 bits per heavy atom. The van der Waals surface area contributed by atoms with Gasteiger partial charge in [-0.1, -0.05) is 45.4 Å². The van der Waals surface area contributed by atoms with Crippen LogP contribution in [0.4, 0.5) is 0 Å². The molecule has 0 aliphatic carbocycles. The fraction of sp³-hybridized carbons (Fsp3) is 0.929. The maximum atomic E-state index is 12.4. The number of likely N-dealkylation sites (tertiary alicyclic amines) is 4. The van der Waals surface area contributed by atoms with Crippen molar-refractivity contribution in [2.45, 2.75) is 129 Å². The molecule has 0 aromatic rings. The summed E-state index contributed by atoms with van der Waals surface area (Å²) in [4.78, 5) is 46.3. The number of hydrogen-bond acceptors (Lipinski definition) is 8. The Kier molecular flexibility index (Phi) is 21.0. The summed E-state index contributed by atoms with van der Waals surface area (Å²) in [6.45, 7) is 16.7. The molecule has 2 amide bonds. The molecule has 4 aliphatic heterocycles. The highest BCUT2D eigenvalue weighted by molar-refractivity contribution is 5.76. The lowest BCUT2D eigenvalue weighted by Crippen LogP contribution is -2.38. The standard InChI is InChI=1S/C42H78N6O4/c1-3-24-45-25-11-36(12-26-45)7-4-8-37-13-27-46(28-14-37)33-19-40(49)43-22-6-23-44-41(50)20-34-47-29-15-38(16-30-47)9-5-10-39-17-31-48(32-18-39)35-21-42(51)52-2/h36-39H,3-35H2,1-2H3,(H,43,49)(H,44,50). The SMILES string of the molecule is CCCN1CCC(CCCC2CCN(CCC(=O)NCCCNC(=O)CCN3CCC(CCCC4CCN(CCC(=O)OC)CC4)CC3)CC2)CC1. The fourth-order valence-electron chi connectivity index (χ4n) is 9.29. The molecule has 0 aromatic heterocycles. The van der Waals surface area contributed by atoms with Crippen LogP contribution in [0.25, 0.3) is 0 Å². The van der Waals surface area contributed by atoms with Crippen molar-refractivity contribution in [1.82, 2.24) is 30.2 Å². The van der Waals surface area contributed by atoms with Crippen LogP contribution in [0.5, 0.6) is 0 Å². The molecule has 10 nitrogen and oxygen atoms in total. The molecule has 4 heterocycles. The lowest BCUT2D eigenvalue weighted by Gasteiger charge is -2.33. The molecule has 0 spiro atoms. The molecular weight excluding hydrogens is 653 g/mol. The smallest absolute Gasteiger partial charge is 0.306 e. The van der Waals surface area contributed by atoms with Crippen molar-refractivity contribution in [3.63, 3.8) is 0 Å². The van der Waals surface area contributed by atoms with Gasteiger partial charge < -0.3 is 35.0 Å². The van der Waals surface area contributed by atoms with Gasteiger partial charge in [0.1, 0.15) is 0 Å². The lowest BCUT2D eigenvalue weighted by atomic mass is 9.87. The van der Waals surface area contributed by atoms with E-state index in [0.717, 1.165) is 89.0 Å². The van der Waals surface area contributed by atoms with Crippen LogP contribution in [0.1, 0.15) is 129 Å². The number of nitrogens with zero attached hydrogens (tertiary/aromatic N) is 4. The molecule has 0 atom stereocenters. The Morgan fingerprint density at radius 2 is 0.827 bits per heavy atom. The number of methoxy groups -OCH3 is 1. The number of hydrogen-bond donors (Lipinski definition) is 2. The predicted octanol–water partition coefficient (Wildman–Crippen LogP) is 5.55. The van der Waals surface area contributed by atoms with E-state index < -0.39 is 0 Å². The third-order valence-corrected chi connectivity index (χ3v) is 13.0. The van der Waals surface area contributed by atoms with Crippen LogP contribution in [0.2, 0.25) is 0 Å². The second-order valence-corrected chi connectivity index (χ2v) is 16.9. The van der Waals surface area contributed by atoms with E-state index in [-0.39, 0.29) is 17.8 Å². The summed E-state index contributed by atoms with van der Waals surface area (Å²) in [6, 6.07) is 0. The van der Waals surface area contributed by atoms with Crippen molar-refractivity contribution in [1.29, 1.82) is 0 Å². The van der Waals surface area contributed by atoms with Gasteiger partial charge in [0.2, 0.25) is 11.8 Å². The second kappa shape index (κ2) is 25.4. The first-order chi connectivity index (χ1) is 25.4. The molecule has 0 radical (unpaired) electrons. The average molecular weight is 731 g/mol. The number of rotatable bonds is 23. The normalized spacial score (nSPS) is 21.3. The molecule has 0 bridgehead atoms. The maximum Gasteiger partial charge on any atom is 0.306 e. The average Bonchev–Trinajstić information content (AvgIpc) is 3.17. The maximum absolute atomic E-state index is 12.4. The fourth-order valence-corrected chi connectivity index (χ4v) is 9.29. The van der Waals surface area contributed by atoms with Gasteiger partial charge in [-0.25, -0.2) is 0 Å². The molecule has 2 N–H and O–H groups in total. The third-order valence-electron chi connectivity index (χ3n) is 13.0. The van der Waals surface area contributed by atoms with Gasteiger partial charge in [-0.2, -0.15) is 0 Å². The molecule has 4 aliphatic rings. The summed E-state index contributed by atoms with van der Waals surface area (Å²) >= 11 is 0. The zero-order valence-corrected chi connectivity index (χ0v) is 33.6. The molecule has 0 unspecified atom stereocenters. The Bertz CT molecular complexity index is 983. The number of piperidine rings is 4. The van der Waals surface area contributed by atoms with E-state index in [1.54, 1.807) is 0 Å². The quantitative estimate of drug-likeness (QED) is 0.104. The first-order valence-electron chi connectivity index (χ1n) is 21.9. The van der Waals surface area contributed by atoms with Gasteiger partial charge in [-0.05, 0) is 147 Å². The summed E-state index contributed by atoms with van der Waals surface area (Å²) in [5, 5.41) is 6.12. The lowest BCUT2D eigenvalue weighted by molar-refractivity contribution is -0.141. The van der Waals surface area contributed by atoms with E-state index in [1.807, 2.05) is 0 Å². The monoisotopic (exact) mass is 731 g/mol. The number of carbonyl (C=O) groups excluding carboxylic acids is 3. The molecule has 4 rings (SSSR count). The zero-order valence-electron chi connectivity index (χ0n) is 33.6. The highest BCUT2D eigenvalue weighted by atomic mass is 16.5. The molecule has 10 heteroatoms. The van der Waals surface area contributed by atoms with Crippen LogP contribution in [0.15, 0.2) is 0 Å².